The first-order valence-corrected chi connectivity index (χ1v) is 11.7. The normalized spacial score (nSPS) is 12.3. The van der Waals surface area contributed by atoms with Crippen LogP contribution in [0.4, 0.5) is 0 Å². The van der Waals surface area contributed by atoms with Gasteiger partial charge in [-0.25, -0.2) is 0 Å². The molecule has 2 aromatic rings. The van der Waals surface area contributed by atoms with Gasteiger partial charge in [0.15, 0.2) is 7.14 Å². The van der Waals surface area contributed by atoms with Crippen molar-refractivity contribution in [1.29, 1.82) is 0 Å². The highest BCUT2D eigenvalue weighted by Gasteiger charge is 2.30. The van der Waals surface area contributed by atoms with Crippen molar-refractivity contribution in [3.8, 4) is 0 Å². The zero-order valence-electron chi connectivity index (χ0n) is 17.0. The first-order chi connectivity index (χ1) is 11.7. The van der Waals surface area contributed by atoms with E-state index in [2.05, 4.69) is 90.1 Å². The summed E-state index contributed by atoms with van der Waals surface area (Å²) in [5.74, 6) is 0. The molecule has 0 radical (unpaired) electrons. The Hall–Kier alpha value is -0.960. The topological polar surface area (TPSA) is 80.3 Å². The SMILES string of the molecule is CC(C)(C)c1ccccc1[I+]c1ccccc1C(C)(C)C.O=S(=O)([O-])[O-].[H+]. The fourth-order valence-electron chi connectivity index (χ4n) is 2.41. The van der Waals surface area contributed by atoms with Gasteiger partial charge in [0, 0.05) is 21.5 Å². The Labute approximate surface area is 169 Å². The van der Waals surface area contributed by atoms with Crippen LogP contribution in [0.15, 0.2) is 48.5 Å². The van der Waals surface area contributed by atoms with Crippen LogP contribution in [0, 0.1) is 7.14 Å². The van der Waals surface area contributed by atoms with E-state index in [1.165, 1.54) is 11.1 Å². The van der Waals surface area contributed by atoms with Crippen LogP contribution in [-0.2, 0) is 21.2 Å². The largest absolute Gasteiger partial charge is 1.00 e. The van der Waals surface area contributed by atoms with Crippen molar-refractivity contribution in [2.24, 2.45) is 0 Å². The van der Waals surface area contributed by atoms with Crippen molar-refractivity contribution in [2.45, 2.75) is 52.4 Å². The highest BCUT2D eigenvalue weighted by atomic mass is 127. The molecule has 2 aromatic carbocycles. The number of hydrogen-bond donors (Lipinski definition) is 0. The second-order valence-corrected chi connectivity index (χ2v) is 11.6. The van der Waals surface area contributed by atoms with Gasteiger partial charge in [-0.05, 0) is 23.0 Å². The van der Waals surface area contributed by atoms with Gasteiger partial charge in [0.1, 0.15) is 0 Å². The molecule has 4 nitrogen and oxygen atoms in total. The minimum absolute atomic E-state index is 0. The molecule has 0 amide bonds. The highest BCUT2D eigenvalue weighted by Crippen LogP contribution is 2.23. The molecule has 0 aliphatic rings. The zero-order valence-corrected chi connectivity index (χ0v) is 19.0. The molecular formula is C20H27IO4S. The summed E-state index contributed by atoms with van der Waals surface area (Å²) in [6.45, 7) is 13.9. The summed E-state index contributed by atoms with van der Waals surface area (Å²) in [4.78, 5) is 0. The maximum absolute atomic E-state index is 8.52. The minimum atomic E-state index is -5.17. The van der Waals surface area contributed by atoms with Gasteiger partial charge < -0.3 is 9.11 Å². The fourth-order valence-corrected chi connectivity index (χ4v) is 6.37. The minimum Gasteiger partial charge on any atom is -0.759 e. The van der Waals surface area contributed by atoms with Gasteiger partial charge in [-0.3, -0.25) is 8.42 Å². The third-order valence-corrected chi connectivity index (χ3v) is 6.61. The first kappa shape index (κ1) is 23.1. The lowest BCUT2D eigenvalue weighted by molar-refractivity contribution is -0.599. The van der Waals surface area contributed by atoms with Crippen LogP contribution in [0.3, 0.4) is 0 Å². The van der Waals surface area contributed by atoms with Crippen LogP contribution >= 0.6 is 0 Å². The lowest BCUT2D eigenvalue weighted by Gasteiger charge is -2.20. The smallest absolute Gasteiger partial charge is 0.759 e. The Morgan fingerprint density at radius 3 is 1.27 bits per heavy atom. The van der Waals surface area contributed by atoms with E-state index in [-0.39, 0.29) is 33.5 Å². The molecular weight excluding hydrogens is 463 g/mol. The van der Waals surface area contributed by atoms with Crippen molar-refractivity contribution < 1.29 is 40.2 Å². The van der Waals surface area contributed by atoms with Crippen molar-refractivity contribution in [2.75, 3.05) is 0 Å². The van der Waals surface area contributed by atoms with Crippen LogP contribution in [0.25, 0.3) is 0 Å². The summed E-state index contributed by atoms with van der Waals surface area (Å²) in [5.41, 5.74) is 3.43. The molecule has 0 aliphatic heterocycles. The Balaban J connectivity index is 0.00000100. The van der Waals surface area contributed by atoms with E-state index in [4.69, 9.17) is 17.5 Å². The number of hydrogen-bond acceptors (Lipinski definition) is 4. The van der Waals surface area contributed by atoms with E-state index in [1.807, 2.05) is 0 Å². The predicted molar refractivity (Wildman–Crippen MR) is 99.3 cm³/mol. The molecule has 0 N–H and O–H groups in total. The van der Waals surface area contributed by atoms with E-state index < -0.39 is 10.4 Å². The van der Waals surface area contributed by atoms with Gasteiger partial charge >= 0.3 is 22.6 Å². The second kappa shape index (κ2) is 8.82. The molecule has 0 aliphatic carbocycles. The van der Waals surface area contributed by atoms with Crippen molar-refractivity contribution in [3.63, 3.8) is 0 Å². The average molecular weight is 490 g/mol. The Morgan fingerprint density at radius 2 is 1.00 bits per heavy atom. The van der Waals surface area contributed by atoms with Crippen LogP contribution in [-0.4, -0.2) is 17.5 Å². The van der Waals surface area contributed by atoms with Gasteiger partial charge in [-0.2, -0.15) is 0 Å². The molecule has 144 valence electrons. The summed E-state index contributed by atoms with van der Waals surface area (Å²) in [6, 6.07) is 18.0. The van der Waals surface area contributed by atoms with Gasteiger partial charge in [0.05, 0.1) is 0 Å². The molecule has 0 heterocycles. The number of halogens is 1. The van der Waals surface area contributed by atoms with Crippen LogP contribution in [0.5, 0.6) is 0 Å². The molecule has 6 heteroatoms. The maximum atomic E-state index is 8.52. The van der Waals surface area contributed by atoms with Crippen LogP contribution in [0.1, 0.15) is 54.1 Å². The molecule has 0 unspecified atom stereocenters. The predicted octanol–water partition coefficient (Wildman–Crippen LogP) is 1.18. The molecule has 26 heavy (non-hydrogen) atoms. The third kappa shape index (κ3) is 8.16. The number of rotatable bonds is 2. The Bertz CT molecular complexity index is 774. The summed E-state index contributed by atoms with van der Waals surface area (Å²) in [7, 11) is -5.17. The van der Waals surface area contributed by atoms with E-state index in [0.29, 0.717) is 0 Å². The van der Waals surface area contributed by atoms with Crippen molar-refractivity contribution >= 4 is 10.4 Å². The highest BCUT2D eigenvalue weighted by molar-refractivity contribution is 7.79. The fraction of sp³-hybridized carbons (Fsp3) is 0.400. The van der Waals surface area contributed by atoms with Crippen molar-refractivity contribution in [3.05, 3.63) is 66.8 Å². The van der Waals surface area contributed by atoms with Crippen LogP contribution in [0.2, 0.25) is 0 Å². The van der Waals surface area contributed by atoms with E-state index >= 15 is 0 Å². The summed E-state index contributed by atoms with van der Waals surface area (Å²) in [6.07, 6.45) is 0. The van der Waals surface area contributed by atoms with E-state index in [1.54, 1.807) is 7.14 Å². The maximum Gasteiger partial charge on any atom is 1.00 e. The molecule has 0 saturated heterocycles. The summed E-state index contributed by atoms with van der Waals surface area (Å²) in [5, 5.41) is 0. The Kier molecular flexibility index (Phi) is 7.83. The van der Waals surface area contributed by atoms with Gasteiger partial charge in [-0.15, -0.1) is 0 Å². The van der Waals surface area contributed by atoms with Gasteiger partial charge in [0.2, 0.25) is 0 Å². The lowest BCUT2D eigenvalue weighted by Crippen LogP contribution is -3.62. The second-order valence-electron chi connectivity index (χ2n) is 7.96. The van der Waals surface area contributed by atoms with Crippen molar-refractivity contribution in [1.82, 2.24) is 0 Å². The molecule has 2 rings (SSSR count). The van der Waals surface area contributed by atoms with Gasteiger partial charge in [0.25, 0.3) is 0 Å². The molecule has 0 atom stereocenters. The van der Waals surface area contributed by atoms with E-state index in [9.17, 15) is 0 Å². The first-order valence-electron chi connectivity index (χ1n) is 8.20. The molecule has 0 spiro atoms. The molecule has 0 bridgehead atoms. The molecule has 0 fully saturated rings. The Morgan fingerprint density at radius 1 is 0.731 bits per heavy atom. The third-order valence-electron chi connectivity index (χ3n) is 3.57. The molecule has 0 aromatic heterocycles. The number of benzene rings is 2. The van der Waals surface area contributed by atoms with Gasteiger partial charge in [-0.1, -0.05) is 77.9 Å². The monoisotopic (exact) mass is 490 g/mol. The summed E-state index contributed by atoms with van der Waals surface area (Å²) < 4.78 is 37.2. The van der Waals surface area contributed by atoms with E-state index in [0.717, 1.165) is 0 Å². The quantitative estimate of drug-likeness (QED) is 0.360. The molecule has 0 saturated carbocycles. The van der Waals surface area contributed by atoms with Crippen LogP contribution < -0.4 is 21.2 Å². The summed E-state index contributed by atoms with van der Waals surface area (Å²) >= 11 is -0.147. The standard InChI is InChI=1S/C20H26I.H2O4S/c1-19(2,3)15-11-7-9-13-17(15)21-18-14-10-8-12-16(18)20(4,5)6;1-5(2,3)4/h7-14H,1-6H3;(H2,1,2,3,4)/q+1;/p-1. The average Bonchev–Trinajstić information content (AvgIpc) is 2.44. The lowest BCUT2D eigenvalue weighted by atomic mass is 9.87. The zero-order chi connectivity index (χ0) is 20.2.